The largest absolute Gasteiger partial charge is 0.379 e. The maximum atomic E-state index is 5.83. The summed E-state index contributed by atoms with van der Waals surface area (Å²) in [6.45, 7) is 9.86. The number of thiophene rings is 1. The Morgan fingerprint density at radius 3 is 2.57 bits per heavy atom. The second kappa shape index (κ2) is 6.91. The summed E-state index contributed by atoms with van der Waals surface area (Å²) in [6, 6.07) is 8.99. The van der Waals surface area contributed by atoms with Gasteiger partial charge >= 0.3 is 0 Å². The molecule has 0 saturated carbocycles. The molecule has 0 aliphatic rings. The van der Waals surface area contributed by atoms with Gasteiger partial charge in [-0.25, -0.2) is 0 Å². The van der Waals surface area contributed by atoms with Crippen LogP contribution in [0.2, 0.25) is 0 Å². The number of likely N-dealkylation sites (N-methyl/N-ethyl adjacent to an activating group) is 1. The van der Waals surface area contributed by atoms with Gasteiger partial charge in [-0.15, -0.1) is 11.3 Å². The van der Waals surface area contributed by atoms with E-state index < -0.39 is 0 Å². The minimum atomic E-state index is 0.118. The number of rotatable bonds is 6. The van der Waals surface area contributed by atoms with E-state index in [1.165, 1.54) is 15.6 Å². The summed E-state index contributed by atoms with van der Waals surface area (Å²) in [5.41, 5.74) is 1.54. The molecule has 116 valence electrons. The van der Waals surface area contributed by atoms with E-state index in [-0.39, 0.29) is 11.5 Å². The van der Waals surface area contributed by atoms with Crippen molar-refractivity contribution in [1.29, 1.82) is 0 Å². The minimum Gasteiger partial charge on any atom is -0.379 e. The van der Waals surface area contributed by atoms with Crippen molar-refractivity contribution in [2.75, 3.05) is 13.7 Å². The first-order valence-electron chi connectivity index (χ1n) is 7.68. The SMILES string of the molecule is CCNC(Cc1csc2ccccc12)C(OC)C(C)(C)C. The van der Waals surface area contributed by atoms with Crippen molar-refractivity contribution in [2.24, 2.45) is 5.41 Å². The van der Waals surface area contributed by atoms with Crippen LogP contribution in [0.4, 0.5) is 0 Å². The third-order valence-electron chi connectivity index (χ3n) is 3.94. The first-order chi connectivity index (χ1) is 9.97. The van der Waals surface area contributed by atoms with E-state index in [0.29, 0.717) is 6.04 Å². The van der Waals surface area contributed by atoms with Crippen LogP contribution in [0.5, 0.6) is 0 Å². The number of hydrogen-bond donors (Lipinski definition) is 1. The second-order valence-corrected chi connectivity index (χ2v) is 7.56. The molecule has 1 N–H and O–H groups in total. The van der Waals surface area contributed by atoms with E-state index in [0.717, 1.165) is 13.0 Å². The van der Waals surface area contributed by atoms with Crippen molar-refractivity contribution in [2.45, 2.75) is 46.3 Å². The molecule has 0 bridgehead atoms. The van der Waals surface area contributed by atoms with Crippen LogP contribution in [0.25, 0.3) is 10.1 Å². The summed E-state index contributed by atoms with van der Waals surface area (Å²) < 4.78 is 7.20. The quantitative estimate of drug-likeness (QED) is 0.849. The maximum Gasteiger partial charge on any atom is 0.0775 e. The van der Waals surface area contributed by atoms with E-state index in [4.69, 9.17) is 4.74 Å². The van der Waals surface area contributed by atoms with Crippen LogP contribution in [-0.4, -0.2) is 25.8 Å². The summed E-state index contributed by atoms with van der Waals surface area (Å²) in [4.78, 5) is 0. The molecule has 0 spiro atoms. The number of benzene rings is 1. The predicted octanol–water partition coefficient (Wildman–Crippen LogP) is 4.48. The van der Waals surface area contributed by atoms with Crippen molar-refractivity contribution in [1.82, 2.24) is 5.32 Å². The molecule has 2 rings (SSSR count). The summed E-state index contributed by atoms with van der Waals surface area (Å²) in [7, 11) is 1.83. The molecule has 0 aliphatic heterocycles. The molecule has 1 aromatic heterocycles. The highest BCUT2D eigenvalue weighted by atomic mass is 32.1. The van der Waals surface area contributed by atoms with Crippen LogP contribution >= 0.6 is 11.3 Å². The van der Waals surface area contributed by atoms with Gasteiger partial charge in [-0.05, 0) is 40.8 Å². The molecular formula is C18H27NOS. The van der Waals surface area contributed by atoms with Crippen molar-refractivity contribution in [3.8, 4) is 0 Å². The molecule has 2 aromatic rings. The monoisotopic (exact) mass is 305 g/mol. The average Bonchev–Trinajstić information content (AvgIpc) is 2.82. The zero-order chi connectivity index (χ0) is 15.5. The molecule has 2 atom stereocenters. The fraction of sp³-hybridized carbons (Fsp3) is 0.556. The lowest BCUT2D eigenvalue weighted by atomic mass is 9.82. The molecule has 1 aromatic carbocycles. The summed E-state index contributed by atoms with van der Waals surface area (Å²) in [5.74, 6) is 0. The average molecular weight is 305 g/mol. The molecule has 2 nitrogen and oxygen atoms in total. The van der Waals surface area contributed by atoms with Gasteiger partial charge in [0.05, 0.1) is 6.10 Å². The zero-order valence-electron chi connectivity index (χ0n) is 13.8. The van der Waals surface area contributed by atoms with E-state index in [2.05, 4.69) is 62.7 Å². The third kappa shape index (κ3) is 3.85. The Kier molecular flexibility index (Phi) is 5.42. The number of fused-ring (bicyclic) bond motifs is 1. The Hall–Kier alpha value is -0.900. The molecule has 21 heavy (non-hydrogen) atoms. The molecular weight excluding hydrogens is 278 g/mol. The molecule has 0 amide bonds. The first-order valence-corrected chi connectivity index (χ1v) is 8.56. The Balaban J connectivity index is 2.27. The lowest BCUT2D eigenvalue weighted by Gasteiger charge is -2.36. The van der Waals surface area contributed by atoms with E-state index in [9.17, 15) is 0 Å². The van der Waals surface area contributed by atoms with Crippen molar-refractivity contribution in [3.63, 3.8) is 0 Å². The highest BCUT2D eigenvalue weighted by molar-refractivity contribution is 7.17. The van der Waals surface area contributed by atoms with Crippen LogP contribution in [0.1, 0.15) is 33.3 Å². The number of nitrogens with one attached hydrogen (secondary N) is 1. The normalized spacial score (nSPS) is 15.3. The zero-order valence-corrected chi connectivity index (χ0v) is 14.6. The van der Waals surface area contributed by atoms with Gasteiger partial charge < -0.3 is 10.1 Å². The van der Waals surface area contributed by atoms with E-state index in [1.807, 2.05) is 18.4 Å². The van der Waals surface area contributed by atoms with Gasteiger partial charge in [-0.3, -0.25) is 0 Å². The first kappa shape index (κ1) is 16.5. The molecule has 0 saturated heterocycles. The van der Waals surface area contributed by atoms with Gasteiger partial charge in [0.1, 0.15) is 0 Å². The van der Waals surface area contributed by atoms with Gasteiger partial charge in [0.15, 0.2) is 0 Å². The summed E-state index contributed by atoms with van der Waals surface area (Å²) in [6.07, 6.45) is 1.20. The predicted molar refractivity (Wildman–Crippen MR) is 93.2 cm³/mol. The van der Waals surface area contributed by atoms with Crippen LogP contribution in [-0.2, 0) is 11.2 Å². The highest BCUT2D eigenvalue weighted by Gasteiger charge is 2.32. The van der Waals surface area contributed by atoms with Crippen LogP contribution in [0, 0.1) is 5.41 Å². The molecule has 1 heterocycles. The Morgan fingerprint density at radius 2 is 1.95 bits per heavy atom. The van der Waals surface area contributed by atoms with Gasteiger partial charge in [0, 0.05) is 17.9 Å². The van der Waals surface area contributed by atoms with Gasteiger partial charge in [-0.2, -0.15) is 0 Å². The molecule has 3 heteroatoms. The van der Waals surface area contributed by atoms with Gasteiger partial charge in [-0.1, -0.05) is 45.9 Å². The van der Waals surface area contributed by atoms with Gasteiger partial charge in [0.2, 0.25) is 0 Å². The fourth-order valence-electron chi connectivity index (χ4n) is 3.10. The van der Waals surface area contributed by atoms with Gasteiger partial charge in [0.25, 0.3) is 0 Å². The number of ether oxygens (including phenoxy) is 1. The van der Waals surface area contributed by atoms with Crippen molar-refractivity contribution in [3.05, 3.63) is 35.2 Å². The Morgan fingerprint density at radius 1 is 1.24 bits per heavy atom. The smallest absolute Gasteiger partial charge is 0.0775 e. The third-order valence-corrected chi connectivity index (χ3v) is 4.95. The lowest BCUT2D eigenvalue weighted by Crippen LogP contribution is -2.48. The molecule has 0 fully saturated rings. The topological polar surface area (TPSA) is 21.3 Å². The fourth-order valence-corrected chi connectivity index (χ4v) is 4.07. The lowest BCUT2D eigenvalue weighted by molar-refractivity contribution is -0.0105. The molecule has 2 unspecified atom stereocenters. The van der Waals surface area contributed by atoms with E-state index in [1.54, 1.807) is 0 Å². The summed E-state index contributed by atoms with van der Waals surface area (Å²) >= 11 is 1.83. The Bertz CT molecular complexity index is 570. The van der Waals surface area contributed by atoms with Crippen molar-refractivity contribution >= 4 is 21.4 Å². The molecule has 0 aliphatic carbocycles. The highest BCUT2D eigenvalue weighted by Crippen LogP contribution is 2.30. The van der Waals surface area contributed by atoms with Crippen LogP contribution in [0.3, 0.4) is 0 Å². The van der Waals surface area contributed by atoms with Crippen LogP contribution in [0.15, 0.2) is 29.6 Å². The number of methoxy groups -OCH3 is 1. The second-order valence-electron chi connectivity index (χ2n) is 6.65. The standard InChI is InChI=1S/C18H27NOS/c1-6-19-15(17(20-5)18(2,3)4)11-13-12-21-16-10-8-7-9-14(13)16/h7-10,12,15,17,19H,6,11H2,1-5H3. The maximum absolute atomic E-state index is 5.83. The molecule has 0 radical (unpaired) electrons. The van der Waals surface area contributed by atoms with Crippen LogP contribution < -0.4 is 5.32 Å². The van der Waals surface area contributed by atoms with Crippen molar-refractivity contribution < 1.29 is 4.74 Å². The minimum absolute atomic E-state index is 0.118. The summed E-state index contributed by atoms with van der Waals surface area (Å²) in [5, 5.41) is 7.30. The Labute approximate surface area is 132 Å². The number of hydrogen-bond acceptors (Lipinski definition) is 3. The van der Waals surface area contributed by atoms with E-state index >= 15 is 0 Å².